The van der Waals surface area contributed by atoms with E-state index in [0.29, 0.717) is 13.0 Å². The molecule has 0 aromatic carbocycles. The van der Waals surface area contributed by atoms with Crippen LogP contribution in [0.1, 0.15) is 32.6 Å². The van der Waals surface area contributed by atoms with Gasteiger partial charge in [-0.15, -0.1) is 0 Å². The lowest BCUT2D eigenvalue weighted by Crippen LogP contribution is -2.22. The molecule has 0 heterocycles. The summed E-state index contributed by atoms with van der Waals surface area (Å²) in [5, 5.41) is 3.32. The number of allylic oxidation sites excluding steroid dienone is 1. The van der Waals surface area contributed by atoms with E-state index in [0.717, 1.165) is 38.9 Å². The van der Waals surface area contributed by atoms with Crippen molar-refractivity contribution in [2.24, 2.45) is 0 Å². The number of rotatable bonds is 11. The summed E-state index contributed by atoms with van der Waals surface area (Å²) in [6.07, 6.45) is 7.35. The Kier molecular flexibility index (Phi) is 12.0. The molecule has 4 nitrogen and oxygen atoms in total. The van der Waals surface area contributed by atoms with E-state index in [4.69, 9.17) is 4.74 Å². The lowest BCUT2D eigenvalue weighted by Gasteiger charge is -2.09. The van der Waals surface area contributed by atoms with Gasteiger partial charge in [-0.25, -0.2) is 0 Å². The summed E-state index contributed by atoms with van der Waals surface area (Å²) in [6, 6.07) is 0. The molecule has 0 aliphatic carbocycles. The minimum atomic E-state index is -0.106. The van der Waals surface area contributed by atoms with E-state index in [-0.39, 0.29) is 5.97 Å². The van der Waals surface area contributed by atoms with Crippen molar-refractivity contribution in [3.63, 3.8) is 0 Å². The molecular formula is C14H28N2O2. The Balaban J connectivity index is 3.22. The van der Waals surface area contributed by atoms with Crippen LogP contribution in [0.3, 0.4) is 0 Å². The third-order valence-corrected chi connectivity index (χ3v) is 2.44. The van der Waals surface area contributed by atoms with E-state index >= 15 is 0 Å². The molecule has 0 bridgehead atoms. The van der Waals surface area contributed by atoms with E-state index in [9.17, 15) is 4.79 Å². The van der Waals surface area contributed by atoms with Crippen LogP contribution < -0.4 is 5.32 Å². The maximum absolute atomic E-state index is 11.3. The number of hydrogen-bond donors (Lipinski definition) is 1. The number of esters is 1. The zero-order valence-corrected chi connectivity index (χ0v) is 12.1. The first-order valence-corrected chi connectivity index (χ1v) is 6.83. The highest BCUT2D eigenvalue weighted by Crippen LogP contribution is 1.93. The Labute approximate surface area is 111 Å². The van der Waals surface area contributed by atoms with Crippen molar-refractivity contribution in [3.05, 3.63) is 12.2 Å². The minimum Gasteiger partial charge on any atom is -0.461 e. The fraction of sp³-hybridized carbons (Fsp3) is 0.786. The quantitative estimate of drug-likeness (QED) is 0.348. The van der Waals surface area contributed by atoms with Crippen molar-refractivity contribution < 1.29 is 9.53 Å². The Morgan fingerprint density at radius 3 is 2.61 bits per heavy atom. The summed E-state index contributed by atoms with van der Waals surface area (Å²) in [5.74, 6) is -0.106. The van der Waals surface area contributed by atoms with Crippen LogP contribution in [-0.4, -0.2) is 51.2 Å². The fourth-order valence-corrected chi connectivity index (χ4v) is 1.45. The molecule has 0 radical (unpaired) electrons. The summed E-state index contributed by atoms with van der Waals surface area (Å²) < 4.78 is 5.04. The summed E-state index contributed by atoms with van der Waals surface area (Å²) in [4.78, 5) is 13.5. The molecule has 0 atom stereocenters. The molecule has 0 aromatic rings. The molecule has 0 fully saturated rings. The van der Waals surface area contributed by atoms with Crippen LogP contribution in [0, 0.1) is 0 Å². The zero-order chi connectivity index (χ0) is 13.6. The zero-order valence-electron chi connectivity index (χ0n) is 12.1. The minimum absolute atomic E-state index is 0.106. The number of nitrogens with one attached hydrogen (secondary N) is 1. The lowest BCUT2D eigenvalue weighted by atomic mass is 10.3. The van der Waals surface area contributed by atoms with E-state index in [1.807, 2.05) is 12.2 Å². The Hall–Kier alpha value is -0.870. The monoisotopic (exact) mass is 256 g/mol. The van der Waals surface area contributed by atoms with Crippen LogP contribution in [0.25, 0.3) is 0 Å². The molecule has 0 amide bonds. The molecule has 0 saturated heterocycles. The SMILES string of the molecule is CC/C=C\COC(=O)CCCNCCCN(C)C. The number of carbonyl (C=O) groups excluding carboxylic acids is 1. The first kappa shape index (κ1) is 17.1. The molecule has 0 unspecified atom stereocenters. The van der Waals surface area contributed by atoms with Gasteiger partial charge in [-0.3, -0.25) is 4.79 Å². The maximum Gasteiger partial charge on any atom is 0.306 e. The molecule has 18 heavy (non-hydrogen) atoms. The molecule has 4 heteroatoms. The molecule has 0 aliphatic heterocycles. The first-order valence-electron chi connectivity index (χ1n) is 6.83. The molecule has 0 rings (SSSR count). The van der Waals surface area contributed by atoms with Crippen molar-refractivity contribution in [2.45, 2.75) is 32.6 Å². The van der Waals surface area contributed by atoms with Crippen LogP contribution in [0.15, 0.2) is 12.2 Å². The average Bonchev–Trinajstić information content (AvgIpc) is 2.33. The van der Waals surface area contributed by atoms with E-state index in [2.05, 4.69) is 31.2 Å². The molecule has 0 saturated carbocycles. The second kappa shape index (κ2) is 12.6. The Bertz CT molecular complexity index is 228. The molecule has 0 aromatic heterocycles. The van der Waals surface area contributed by atoms with Crippen molar-refractivity contribution in [1.82, 2.24) is 10.2 Å². The third kappa shape index (κ3) is 13.2. The van der Waals surface area contributed by atoms with Gasteiger partial charge in [0.25, 0.3) is 0 Å². The van der Waals surface area contributed by atoms with Gasteiger partial charge in [0, 0.05) is 6.42 Å². The van der Waals surface area contributed by atoms with E-state index in [1.54, 1.807) is 0 Å². The Morgan fingerprint density at radius 2 is 1.94 bits per heavy atom. The van der Waals surface area contributed by atoms with Crippen LogP contribution in [0.2, 0.25) is 0 Å². The van der Waals surface area contributed by atoms with Gasteiger partial charge in [0.1, 0.15) is 6.61 Å². The first-order chi connectivity index (χ1) is 8.66. The lowest BCUT2D eigenvalue weighted by molar-refractivity contribution is -0.142. The molecule has 0 spiro atoms. The van der Waals surface area contributed by atoms with Crippen LogP contribution in [-0.2, 0) is 9.53 Å². The summed E-state index contributed by atoms with van der Waals surface area (Å²) in [7, 11) is 4.14. The van der Waals surface area contributed by atoms with Gasteiger partial charge in [-0.2, -0.15) is 0 Å². The van der Waals surface area contributed by atoms with Crippen LogP contribution in [0.5, 0.6) is 0 Å². The van der Waals surface area contributed by atoms with Gasteiger partial charge >= 0.3 is 5.97 Å². The summed E-state index contributed by atoms with van der Waals surface area (Å²) in [6.45, 7) is 5.45. The van der Waals surface area contributed by atoms with Crippen molar-refractivity contribution >= 4 is 5.97 Å². The second-order valence-electron chi connectivity index (χ2n) is 4.57. The highest BCUT2D eigenvalue weighted by atomic mass is 16.5. The number of carbonyl (C=O) groups is 1. The highest BCUT2D eigenvalue weighted by molar-refractivity contribution is 5.69. The summed E-state index contributed by atoms with van der Waals surface area (Å²) >= 11 is 0. The number of ether oxygens (including phenoxy) is 1. The second-order valence-corrected chi connectivity index (χ2v) is 4.57. The normalized spacial score (nSPS) is 11.3. The smallest absolute Gasteiger partial charge is 0.306 e. The molecule has 106 valence electrons. The van der Waals surface area contributed by atoms with E-state index < -0.39 is 0 Å². The third-order valence-electron chi connectivity index (χ3n) is 2.44. The van der Waals surface area contributed by atoms with Crippen LogP contribution >= 0.6 is 0 Å². The maximum atomic E-state index is 11.3. The van der Waals surface area contributed by atoms with Gasteiger partial charge < -0.3 is 15.0 Å². The predicted octanol–water partition coefficient (Wildman–Crippen LogP) is 1.82. The van der Waals surface area contributed by atoms with Gasteiger partial charge in [0.05, 0.1) is 0 Å². The van der Waals surface area contributed by atoms with Gasteiger partial charge in [-0.1, -0.05) is 19.1 Å². The van der Waals surface area contributed by atoms with Crippen molar-refractivity contribution in [3.8, 4) is 0 Å². The standard InChI is InChI=1S/C14H28N2O2/c1-4-5-6-13-18-14(17)9-7-10-15-11-8-12-16(2)3/h5-6,15H,4,7-13H2,1-3H3/b6-5-. The highest BCUT2D eigenvalue weighted by Gasteiger charge is 2.00. The predicted molar refractivity (Wildman–Crippen MR) is 75.7 cm³/mol. The fourth-order valence-electron chi connectivity index (χ4n) is 1.45. The van der Waals surface area contributed by atoms with Gasteiger partial charge in [0.15, 0.2) is 0 Å². The van der Waals surface area contributed by atoms with Crippen molar-refractivity contribution in [1.29, 1.82) is 0 Å². The van der Waals surface area contributed by atoms with Crippen LogP contribution in [0.4, 0.5) is 0 Å². The van der Waals surface area contributed by atoms with E-state index in [1.165, 1.54) is 0 Å². The number of hydrogen-bond acceptors (Lipinski definition) is 4. The van der Waals surface area contributed by atoms with Gasteiger partial charge in [-0.05, 0) is 53.0 Å². The van der Waals surface area contributed by atoms with Crippen molar-refractivity contribution in [2.75, 3.05) is 40.3 Å². The molecule has 1 N–H and O–H groups in total. The molecular weight excluding hydrogens is 228 g/mol. The summed E-state index contributed by atoms with van der Waals surface area (Å²) in [5.41, 5.74) is 0. The number of nitrogens with zero attached hydrogens (tertiary/aromatic N) is 1. The topological polar surface area (TPSA) is 41.6 Å². The average molecular weight is 256 g/mol. The largest absolute Gasteiger partial charge is 0.461 e. The Morgan fingerprint density at radius 1 is 1.22 bits per heavy atom. The van der Waals surface area contributed by atoms with Gasteiger partial charge in [0.2, 0.25) is 0 Å². The molecule has 0 aliphatic rings.